The van der Waals surface area contributed by atoms with Gasteiger partial charge in [-0.2, -0.15) is 0 Å². The second-order valence-electron chi connectivity index (χ2n) is 3.67. The molecule has 1 rings (SSSR count). The summed E-state index contributed by atoms with van der Waals surface area (Å²) < 4.78 is 0. The summed E-state index contributed by atoms with van der Waals surface area (Å²) in [5, 5.41) is 0. The van der Waals surface area contributed by atoms with E-state index in [1.54, 1.807) is 0 Å². The van der Waals surface area contributed by atoms with Gasteiger partial charge in [-0.1, -0.05) is 41.5 Å². The molecule has 0 radical (unpaired) electrons. The van der Waals surface area contributed by atoms with Gasteiger partial charge < -0.3 is 4.90 Å². The lowest BCUT2D eigenvalue weighted by atomic mass is 9.92. The molecule has 1 fully saturated rings. The van der Waals surface area contributed by atoms with Gasteiger partial charge in [0.1, 0.15) is 0 Å². The third-order valence-electron chi connectivity index (χ3n) is 2.74. The first-order chi connectivity index (χ1) is 6.74. The van der Waals surface area contributed by atoms with Crippen LogP contribution in [-0.4, -0.2) is 24.5 Å². The molecule has 0 spiro atoms. The monoisotopic (exact) mass is 201 g/mol. The molecule has 0 aromatic heterocycles. The van der Waals surface area contributed by atoms with E-state index in [-0.39, 0.29) is 0 Å². The number of hydrogen-bond donors (Lipinski definition) is 0. The van der Waals surface area contributed by atoms with E-state index in [1.165, 1.54) is 25.8 Å². The maximum atomic E-state index is 2.50. The second-order valence-corrected chi connectivity index (χ2v) is 3.67. The van der Waals surface area contributed by atoms with E-state index in [1.807, 2.05) is 27.7 Å². The Kier molecular flexibility index (Phi) is 12.9. The highest BCUT2D eigenvalue weighted by molar-refractivity contribution is 4.76. The van der Waals surface area contributed by atoms with Gasteiger partial charge >= 0.3 is 0 Å². The molecule has 14 heavy (non-hydrogen) atoms. The molecular weight excluding hydrogens is 170 g/mol. The van der Waals surface area contributed by atoms with Crippen molar-refractivity contribution in [2.24, 2.45) is 5.92 Å². The third-order valence-corrected chi connectivity index (χ3v) is 2.74. The molecular formula is C13H31N. The van der Waals surface area contributed by atoms with Crippen molar-refractivity contribution in [1.82, 2.24) is 4.90 Å². The Labute approximate surface area is 91.9 Å². The Balaban J connectivity index is 0. The predicted molar refractivity (Wildman–Crippen MR) is 67.8 cm³/mol. The standard InChI is InChI=1S/C9H19N.2C2H6/c1-4-9-7-8(2)5-6-10(9)3;2*1-2/h8-9H,4-7H2,1-3H3;2*1-2H3/t8-,9?;;/m1../s1. The molecule has 0 amide bonds. The Hall–Kier alpha value is -0.0400. The van der Waals surface area contributed by atoms with E-state index >= 15 is 0 Å². The van der Waals surface area contributed by atoms with Crippen LogP contribution in [0.2, 0.25) is 0 Å². The van der Waals surface area contributed by atoms with Crippen LogP contribution < -0.4 is 0 Å². The van der Waals surface area contributed by atoms with Crippen LogP contribution in [0.3, 0.4) is 0 Å². The smallest absolute Gasteiger partial charge is 0.00921 e. The van der Waals surface area contributed by atoms with Crippen molar-refractivity contribution in [3.63, 3.8) is 0 Å². The molecule has 0 bridgehead atoms. The highest BCUT2D eigenvalue weighted by Gasteiger charge is 2.21. The summed E-state index contributed by atoms with van der Waals surface area (Å²) in [5.74, 6) is 0.959. The summed E-state index contributed by atoms with van der Waals surface area (Å²) in [7, 11) is 2.25. The van der Waals surface area contributed by atoms with Crippen LogP contribution in [-0.2, 0) is 0 Å². The fourth-order valence-electron chi connectivity index (χ4n) is 1.85. The summed E-state index contributed by atoms with van der Waals surface area (Å²) in [6.07, 6.45) is 4.13. The maximum Gasteiger partial charge on any atom is 0.00921 e. The normalized spacial score (nSPS) is 26.8. The number of hydrogen-bond acceptors (Lipinski definition) is 1. The van der Waals surface area contributed by atoms with Crippen molar-refractivity contribution in [2.75, 3.05) is 13.6 Å². The van der Waals surface area contributed by atoms with Gasteiger partial charge in [-0.05, 0) is 38.8 Å². The summed E-state index contributed by atoms with van der Waals surface area (Å²) in [6.45, 7) is 14.0. The minimum absolute atomic E-state index is 0.865. The molecule has 0 saturated carbocycles. The van der Waals surface area contributed by atoms with E-state index in [4.69, 9.17) is 0 Å². The molecule has 1 aliphatic rings. The zero-order valence-electron chi connectivity index (χ0n) is 11.4. The lowest BCUT2D eigenvalue weighted by Crippen LogP contribution is -2.38. The minimum atomic E-state index is 0.865. The average Bonchev–Trinajstić information content (AvgIpc) is 2.27. The Morgan fingerprint density at radius 1 is 1.14 bits per heavy atom. The summed E-state index contributed by atoms with van der Waals surface area (Å²) in [6, 6.07) is 0.865. The number of nitrogens with zero attached hydrogens (tertiary/aromatic N) is 1. The molecule has 1 saturated heterocycles. The fourth-order valence-corrected chi connectivity index (χ4v) is 1.85. The van der Waals surface area contributed by atoms with Crippen LogP contribution in [0.4, 0.5) is 0 Å². The SMILES string of the molecule is CC.CC.CCC1C[C@H](C)CCN1C. The van der Waals surface area contributed by atoms with Gasteiger partial charge in [-0.25, -0.2) is 0 Å². The molecule has 0 aromatic rings. The lowest BCUT2D eigenvalue weighted by molar-refractivity contribution is 0.145. The van der Waals surface area contributed by atoms with Crippen molar-refractivity contribution in [3.8, 4) is 0 Å². The molecule has 1 aliphatic heterocycles. The van der Waals surface area contributed by atoms with Crippen molar-refractivity contribution in [1.29, 1.82) is 0 Å². The third kappa shape index (κ3) is 6.42. The number of rotatable bonds is 1. The average molecular weight is 201 g/mol. The van der Waals surface area contributed by atoms with Crippen LogP contribution in [0.1, 0.15) is 60.8 Å². The van der Waals surface area contributed by atoms with Crippen LogP contribution in [0, 0.1) is 5.92 Å². The van der Waals surface area contributed by atoms with E-state index in [0.29, 0.717) is 0 Å². The Morgan fingerprint density at radius 2 is 1.64 bits per heavy atom. The summed E-state index contributed by atoms with van der Waals surface area (Å²) >= 11 is 0. The van der Waals surface area contributed by atoms with Crippen LogP contribution in [0.25, 0.3) is 0 Å². The van der Waals surface area contributed by atoms with Crippen molar-refractivity contribution in [3.05, 3.63) is 0 Å². The molecule has 1 unspecified atom stereocenters. The Morgan fingerprint density at radius 3 is 2.00 bits per heavy atom. The van der Waals surface area contributed by atoms with Crippen LogP contribution in [0.5, 0.6) is 0 Å². The molecule has 1 heterocycles. The zero-order valence-corrected chi connectivity index (χ0v) is 11.4. The van der Waals surface area contributed by atoms with Crippen molar-refractivity contribution < 1.29 is 0 Å². The van der Waals surface area contributed by atoms with E-state index in [2.05, 4.69) is 25.8 Å². The van der Waals surface area contributed by atoms with Crippen molar-refractivity contribution in [2.45, 2.75) is 66.8 Å². The molecule has 0 N–H and O–H groups in total. The Bertz CT molecular complexity index is 101. The molecule has 2 atom stereocenters. The quantitative estimate of drug-likeness (QED) is 0.615. The van der Waals surface area contributed by atoms with Gasteiger partial charge in [-0.15, -0.1) is 0 Å². The van der Waals surface area contributed by atoms with Gasteiger partial charge in [-0.3, -0.25) is 0 Å². The lowest BCUT2D eigenvalue weighted by Gasteiger charge is -2.35. The fraction of sp³-hybridized carbons (Fsp3) is 1.00. The molecule has 0 aromatic carbocycles. The first kappa shape index (κ1) is 16.4. The van der Waals surface area contributed by atoms with Gasteiger partial charge in [0.25, 0.3) is 0 Å². The largest absolute Gasteiger partial charge is 0.303 e. The first-order valence-electron chi connectivity index (χ1n) is 6.44. The van der Waals surface area contributed by atoms with E-state index in [0.717, 1.165) is 12.0 Å². The minimum Gasteiger partial charge on any atom is -0.303 e. The van der Waals surface area contributed by atoms with E-state index in [9.17, 15) is 0 Å². The van der Waals surface area contributed by atoms with Gasteiger partial charge in [0.2, 0.25) is 0 Å². The number of likely N-dealkylation sites (tertiary alicyclic amines) is 1. The molecule has 1 nitrogen and oxygen atoms in total. The van der Waals surface area contributed by atoms with Crippen LogP contribution >= 0.6 is 0 Å². The maximum absolute atomic E-state index is 2.50. The zero-order chi connectivity index (χ0) is 11.6. The van der Waals surface area contributed by atoms with Gasteiger partial charge in [0.05, 0.1) is 0 Å². The highest BCUT2D eigenvalue weighted by atomic mass is 15.1. The van der Waals surface area contributed by atoms with Gasteiger partial charge in [0, 0.05) is 6.04 Å². The number of piperidine rings is 1. The highest BCUT2D eigenvalue weighted by Crippen LogP contribution is 2.22. The predicted octanol–water partition coefficient (Wildman–Crippen LogP) is 4.18. The summed E-state index contributed by atoms with van der Waals surface area (Å²) in [5.41, 5.74) is 0. The van der Waals surface area contributed by atoms with Crippen LogP contribution in [0.15, 0.2) is 0 Å². The topological polar surface area (TPSA) is 3.24 Å². The second kappa shape index (κ2) is 11.0. The molecule has 88 valence electrons. The van der Waals surface area contributed by atoms with Crippen molar-refractivity contribution >= 4 is 0 Å². The molecule has 0 aliphatic carbocycles. The van der Waals surface area contributed by atoms with Gasteiger partial charge in [0.15, 0.2) is 0 Å². The molecule has 1 heteroatoms. The summed E-state index contributed by atoms with van der Waals surface area (Å²) in [4.78, 5) is 2.50. The van der Waals surface area contributed by atoms with E-state index < -0.39 is 0 Å². The first-order valence-corrected chi connectivity index (χ1v) is 6.44.